The van der Waals surface area contributed by atoms with Crippen molar-refractivity contribution in [3.63, 3.8) is 0 Å². The molecule has 1 aromatic rings. The number of hydrogen-bond acceptors (Lipinski definition) is 3. The van der Waals surface area contributed by atoms with Gasteiger partial charge in [-0.15, -0.1) is 0 Å². The predicted octanol–water partition coefficient (Wildman–Crippen LogP) is 1.52. The van der Waals surface area contributed by atoms with Gasteiger partial charge in [-0.05, 0) is 19.1 Å². The van der Waals surface area contributed by atoms with Crippen molar-refractivity contribution in [2.45, 2.75) is 13.0 Å². The van der Waals surface area contributed by atoms with Gasteiger partial charge in [0.05, 0.1) is 12.2 Å². The second-order valence-corrected chi connectivity index (χ2v) is 3.28. The molecule has 1 rings (SSSR count). The van der Waals surface area contributed by atoms with E-state index in [2.05, 4.69) is 18.4 Å². The molecule has 0 aliphatic heterocycles. The molecule has 0 amide bonds. The van der Waals surface area contributed by atoms with Gasteiger partial charge >= 0.3 is 5.97 Å². The van der Waals surface area contributed by atoms with E-state index < -0.39 is 12.1 Å². The molecule has 0 saturated heterocycles. The summed E-state index contributed by atoms with van der Waals surface area (Å²) in [5.41, 5.74) is 0.721. The van der Waals surface area contributed by atoms with E-state index in [1.165, 1.54) is 0 Å². The standard InChI is InChI=1S/C14H14O3/c1-3-17-14(16)11(2)13(15)10-9-12-7-5-4-6-8-12/h4-8,13,15H,2-3H2,1H3. The van der Waals surface area contributed by atoms with E-state index in [4.69, 9.17) is 4.74 Å². The Morgan fingerprint density at radius 1 is 1.47 bits per heavy atom. The number of esters is 1. The molecular formula is C14H14O3. The summed E-state index contributed by atoms with van der Waals surface area (Å²) in [4.78, 5) is 11.2. The second-order valence-electron chi connectivity index (χ2n) is 3.28. The number of aliphatic hydroxyl groups is 1. The topological polar surface area (TPSA) is 46.5 Å². The maximum Gasteiger partial charge on any atom is 0.337 e. The summed E-state index contributed by atoms with van der Waals surface area (Å²) in [6, 6.07) is 9.19. The Kier molecular flexibility index (Phi) is 4.99. The second kappa shape index (κ2) is 6.51. The van der Waals surface area contributed by atoms with Crippen molar-refractivity contribution in [1.82, 2.24) is 0 Å². The summed E-state index contributed by atoms with van der Waals surface area (Å²) >= 11 is 0. The molecule has 88 valence electrons. The third-order valence-corrected chi connectivity index (χ3v) is 1.99. The van der Waals surface area contributed by atoms with Gasteiger partial charge in [0.15, 0.2) is 0 Å². The molecule has 0 bridgehead atoms. The highest BCUT2D eigenvalue weighted by Gasteiger charge is 2.14. The van der Waals surface area contributed by atoms with Crippen LogP contribution in [0.15, 0.2) is 42.5 Å². The highest BCUT2D eigenvalue weighted by Crippen LogP contribution is 2.02. The molecular weight excluding hydrogens is 216 g/mol. The fraction of sp³-hybridized carbons (Fsp3) is 0.214. The smallest absolute Gasteiger partial charge is 0.337 e. The molecule has 1 unspecified atom stereocenters. The van der Waals surface area contributed by atoms with Crippen LogP contribution in [0.5, 0.6) is 0 Å². The number of benzene rings is 1. The lowest BCUT2D eigenvalue weighted by molar-refractivity contribution is -0.139. The van der Waals surface area contributed by atoms with Crippen LogP contribution in [0.4, 0.5) is 0 Å². The quantitative estimate of drug-likeness (QED) is 0.486. The maximum absolute atomic E-state index is 11.2. The van der Waals surface area contributed by atoms with Crippen LogP contribution >= 0.6 is 0 Å². The van der Waals surface area contributed by atoms with Crippen LogP contribution in [0.1, 0.15) is 12.5 Å². The van der Waals surface area contributed by atoms with Crippen LogP contribution in [0.25, 0.3) is 0 Å². The number of aliphatic hydroxyl groups excluding tert-OH is 1. The monoisotopic (exact) mass is 230 g/mol. The summed E-state index contributed by atoms with van der Waals surface area (Å²) in [6.45, 7) is 5.39. The van der Waals surface area contributed by atoms with Crippen LogP contribution < -0.4 is 0 Å². The Morgan fingerprint density at radius 2 is 2.12 bits per heavy atom. The molecule has 1 aromatic carbocycles. The largest absolute Gasteiger partial charge is 0.463 e. The average molecular weight is 230 g/mol. The highest BCUT2D eigenvalue weighted by atomic mass is 16.5. The number of carbonyl (C=O) groups is 1. The number of carbonyl (C=O) groups excluding carboxylic acids is 1. The molecule has 1 atom stereocenters. The Hall–Kier alpha value is -2.05. The van der Waals surface area contributed by atoms with Gasteiger partial charge in [-0.3, -0.25) is 0 Å². The van der Waals surface area contributed by atoms with Crippen molar-refractivity contribution in [2.24, 2.45) is 0 Å². The summed E-state index contributed by atoms with van der Waals surface area (Å²) < 4.78 is 4.71. The summed E-state index contributed by atoms with van der Waals surface area (Å²) in [7, 11) is 0. The van der Waals surface area contributed by atoms with Crippen LogP contribution in [0, 0.1) is 11.8 Å². The molecule has 0 fully saturated rings. The SMILES string of the molecule is C=C(C(=O)OCC)C(O)C#Cc1ccccc1. The van der Waals surface area contributed by atoms with Crippen molar-refractivity contribution < 1.29 is 14.6 Å². The lowest BCUT2D eigenvalue weighted by atomic mass is 10.1. The van der Waals surface area contributed by atoms with Gasteiger partial charge in [0, 0.05) is 5.56 Å². The van der Waals surface area contributed by atoms with E-state index in [1.807, 2.05) is 30.3 Å². The fourth-order valence-electron chi connectivity index (χ4n) is 1.10. The first-order chi connectivity index (χ1) is 8.15. The molecule has 0 aliphatic carbocycles. The van der Waals surface area contributed by atoms with Crippen molar-refractivity contribution in [1.29, 1.82) is 0 Å². The Balaban J connectivity index is 2.67. The van der Waals surface area contributed by atoms with Gasteiger partial charge in [-0.1, -0.05) is 36.6 Å². The van der Waals surface area contributed by atoms with E-state index in [9.17, 15) is 9.90 Å². The maximum atomic E-state index is 11.2. The Labute approximate surface area is 101 Å². The van der Waals surface area contributed by atoms with E-state index in [0.29, 0.717) is 0 Å². The molecule has 0 aliphatic rings. The van der Waals surface area contributed by atoms with E-state index >= 15 is 0 Å². The van der Waals surface area contributed by atoms with E-state index in [1.54, 1.807) is 6.92 Å². The van der Waals surface area contributed by atoms with Gasteiger partial charge < -0.3 is 9.84 Å². The van der Waals surface area contributed by atoms with Gasteiger partial charge in [0.2, 0.25) is 0 Å². The van der Waals surface area contributed by atoms with Crippen LogP contribution in [-0.4, -0.2) is 23.8 Å². The molecule has 0 spiro atoms. The lowest BCUT2D eigenvalue weighted by Crippen LogP contribution is -2.17. The highest BCUT2D eigenvalue weighted by molar-refractivity contribution is 5.89. The minimum atomic E-state index is -1.20. The first-order valence-corrected chi connectivity index (χ1v) is 5.25. The third-order valence-electron chi connectivity index (χ3n) is 1.99. The lowest BCUT2D eigenvalue weighted by Gasteiger charge is -2.06. The Bertz CT molecular complexity index is 451. The number of ether oxygens (including phenoxy) is 1. The van der Waals surface area contributed by atoms with Crippen molar-refractivity contribution in [3.05, 3.63) is 48.0 Å². The van der Waals surface area contributed by atoms with Gasteiger partial charge in [-0.2, -0.15) is 0 Å². The van der Waals surface area contributed by atoms with E-state index in [0.717, 1.165) is 5.56 Å². The average Bonchev–Trinajstić information content (AvgIpc) is 2.36. The zero-order chi connectivity index (χ0) is 12.7. The first kappa shape index (κ1) is 13.0. The molecule has 3 nitrogen and oxygen atoms in total. The van der Waals surface area contributed by atoms with E-state index in [-0.39, 0.29) is 12.2 Å². The summed E-state index contributed by atoms with van der Waals surface area (Å²) in [6.07, 6.45) is -1.20. The zero-order valence-electron chi connectivity index (χ0n) is 9.64. The first-order valence-electron chi connectivity index (χ1n) is 5.25. The van der Waals surface area contributed by atoms with Crippen molar-refractivity contribution in [3.8, 4) is 11.8 Å². The molecule has 0 aromatic heterocycles. The number of rotatable bonds is 3. The molecule has 1 N–H and O–H groups in total. The fourth-order valence-corrected chi connectivity index (χ4v) is 1.10. The van der Waals surface area contributed by atoms with Crippen LogP contribution in [0.2, 0.25) is 0 Å². The summed E-state index contributed by atoms with van der Waals surface area (Å²) in [5, 5.41) is 9.60. The summed E-state index contributed by atoms with van der Waals surface area (Å²) in [5.74, 6) is 4.67. The number of hydrogen-bond donors (Lipinski definition) is 1. The van der Waals surface area contributed by atoms with Crippen molar-refractivity contribution >= 4 is 5.97 Å². The van der Waals surface area contributed by atoms with Crippen LogP contribution in [-0.2, 0) is 9.53 Å². The zero-order valence-corrected chi connectivity index (χ0v) is 9.64. The van der Waals surface area contributed by atoms with Gasteiger partial charge in [-0.25, -0.2) is 4.79 Å². The van der Waals surface area contributed by atoms with Crippen LogP contribution in [0.3, 0.4) is 0 Å². The molecule has 0 heterocycles. The molecule has 0 radical (unpaired) electrons. The van der Waals surface area contributed by atoms with Gasteiger partial charge in [0.1, 0.15) is 6.10 Å². The third kappa shape index (κ3) is 4.13. The van der Waals surface area contributed by atoms with Gasteiger partial charge in [0.25, 0.3) is 0 Å². The van der Waals surface area contributed by atoms with Crippen molar-refractivity contribution in [2.75, 3.05) is 6.61 Å². The minimum Gasteiger partial charge on any atom is -0.463 e. The predicted molar refractivity (Wildman–Crippen MR) is 65.1 cm³/mol. The minimum absolute atomic E-state index is 0.0460. The Morgan fingerprint density at radius 3 is 2.71 bits per heavy atom. The molecule has 17 heavy (non-hydrogen) atoms. The normalized spacial score (nSPS) is 10.9. The molecule has 3 heteroatoms. The molecule has 0 saturated carbocycles.